The van der Waals surface area contributed by atoms with Crippen molar-refractivity contribution in [3.05, 3.63) is 0 Å². The van der Waals surface area contributed by atoms with Crippen molar-refractivity contribution in [2.45, 2.75) is 17.9 Å². The van der Waals surface area contributed by atoms with Crippen LogP contribution in [0.4, 0.5) is 30.7 Å². The average molecular weight is 296 g/mol. The second-order valence-electron chi connectivity index (χ2n) is 4.25. The fourth-order valence-corrected chi connectivity index (χ4v) is 1.60. The number of rotatable bonds is 4. The first kappa shape index (κ1) is 16.2. The van der Waals surface area contributed by atoms with E-state index in [1.807, 2.05) is 0 Å². The molecule has 1 saturated heterocycles. The van der Waals surface area contributed by atoms with Gasteiger partial charge in [0, 0.05) is 26.2 Å². The summed E-state index contributed by atoms with van der Waals surface area (Å²) in [4.78, 5) is 11.2. The van der Waals surface area contributed by atoms with Gasteiger partial charge >= 0.3 is 23.9 Å². The number of hydrogen-bond donors (Lipinski definition) is 0. The lowest BCUT2D eigenvalue weighted by atomic mass is 10.1. The molecule has 112 valence electrons. The van der Waals surface area contributed by atoms with Crippen molar-refractivity contribution in [1.29, 1.82) is 0 Å². The molecule has 0 atom stereocenters. The maximum absolute atomic E-state index is 13.4. The summed E-state index contributed by atoms with van der Waals surface area (Å²) in [6.45, 7) is -1.28. The van der Waals surface area contributed by atoms with E-state index in [1.54, 1.807) is 0 Å². The number of nitrogens with zero attached hydrogens (tertiary/aromatic N) is 2. The van der Waals surface area contributed by atoms with Gasteiger partial charge in [-0.25, -0.2) is 4.90 Å². The molecule has 1 aliphatic rings. The van der Waals surface area contributed by atoms with Crippen LogP contribution in [0.25, 0.3) is 0 Å². The number of halogens is 7. The zero-order chi connectivity index (χ0) is 15.1. The van der Waals surface area contributed by atoms with Gasteiger partial charge in [-0.05, 0) is 7.05 Å². The van der Waals surface area contributed by atoms with Gasteiger partial charge < -0.3 is 4.90 Å². The Morgan fingerprint density at radius 3 is 1.74 bits per heavy atom. The topological polar surface area (TPSA) is 23.6 Å². The number of carbonyl (C=O) groups is 1. The van der Waals surface area contributed by atoms with Crippen LogP contribution in [-0.4, -0.2) is 67.0 Å². The van der Waals surface area contributed by atoms with Gasteiger partial charge in [0.2, 0.25) is 0 Å². The molecule has 1 rings (SSSR count). The summed E-state index contributed by atoms with van der Waals surface area (Å²) >= 11 is 0. The zero-order valence-electron chi connectivity index (χ0n) is 9.78. The Balaban J connectivity index is 3.01. The minimum atomic E-state index is -6.12. The molecule has 0 amide bonds. The minimum absolute atomic E-state index is 0.0409. The summed E-state index contributed by atoms with van der Waals surface area (Å²) in [7, 11) is 1.54. The normalized spacial score (nSPS) is 20.6. The van der Waals surface area contributed by atoms with Gasteiger partial charge in [0.1, 0.15) is 0 Å². The molecule has 0 aromatic heterocycles. The summed E-state index contributed by atoms with van der Waals surface area (Å²) in [5.74, 6) is -12.2. The van der Waals surface area contributed by atoms with Gasteiger partial charge in [0.15, 0.2) is 0 Å². The van der Waals surface area contributed by atoms with Crippen LogP contribution in [0.2, 0.25) is 0 Å². The third-order valence-electron chi connectivity index (χ3n) is 2.92. The fourth-order valence-electron chi connectivity index (χ4n) is 1.60. The summed E-state index contributed by atoms with van der Waals surface area (Å²) in [5, 5.41) is 0. The van der Waals surface area contributed by atoms with Gasteiger partial charge in [-0.3, -0.25) is 4.79 Å². The van der Waals surface area contributed by atoms with Crippen molar-refractivity contribution >= 4 is 6.04 Å². The van der Waals surface area contributed by atoms with E-state index in [0.717, 1.165) is 0 Å². The zero-order valence-corrected chi connectivity index (χ0v) is 9.78. The largest absolute Gasteiger partial charge is 0.405 e. The van der Waals surface area contributed by atoms with Crippen LogP contribution >= 0.6 is 0 Å². The smallest absolute Gasteiger partial charge is 0.304 e. The monoisotopic (exact) mass is 296 g/mol. The second-order valence-corrected chi connectivity index (χ2v) is 4.25. The van der Waals surface area contributed by atoms with Crippen LogP contribution in [0.5, 0.6) is 0 Å². The predicted molar refractivity (Wildman–Crippen MR) is 50.0 cm³/mol. The van der Waals surface area contributed by atoms with E-state index in [1.165, 1.54) is 11.9 Å². The predicted octanol–water partition coefficient (Wildman–Crippen LogP) is 1.59. The first-order valence-corrected chi connectivity index (χ1v) is 5.21. The standard InChI is InChI=1S/C9H11F7N2O/c1-17-2-4-18(5-3-17)9(15,16)8(13,14)7(11,12)6(10)19/h2-5H2,1H3. The van der Waals surface area contributed by atoms with E-state index in [4.69, 9.17) is 0 Å². The van der Waals surface area contributed by atoms with Gasteiger partial charge in [-0.1, -0.05) is 0 Å². The van der Waals surface area contributed by atoms with Crippen molar-refractivity contribution < 1.29 is 35.5 Å². The van der Waals surface area contributed by atoms with Crippen LogP contribution in [-0.2, 0) is 4.79 Å². The Morgan fingerprint density at radius 2 is 1.37 bits per heavy atom. The van der Waals surface area contributed by atoms with Crippen LogP contribution < -0.4 is 0 Å². The lowest BCUT2D eigenvalue weighted by Crippen LogP contribution is -2.66. The Hall–Kier alpha value is -0.900. The SMILES string of the molecule is CN1CCN(C(F)(F)C(F)(F)C(F)(F)C(=O)F)CC1. The molecule has 1 aliphatic heterocycles. The molecule has 10 heteroatoms. The quantitative estimate of drug-likeness (QED) is 0.447. The van der Waals surface area contributed by atoms with Crippen LogP contribution in [0.1, 0.15) is 0 Å². The van der Waals surface area contributed by atoms with E-state index in [9.17, 15) is 35.5 Å². The highest BCUT2D eigenvalue weighted by atomic mass is 19.3. The first-order chi connectivity index (χ1) is 8.44. The van der Waals surface area contributed by atoms with Crippen molar-refractivity contribution in [2.75, 3.05) is 33.2 Å². The third kappa shape index (κ3) is 2.55. The van der Waals surface area contributed by atoms with E-state index in [-0.39, 0.29) is 18.0 Å². The van der Waals surface area contributed by atoms with Gasteiger partial charge in [0.05, 0.1) is 0 Å². The lowest BCUT2D eigenvalue weighted by molar-refractivity contribution is -0.348. The molecule has 0 bridgehead atoms. The summed E-state index contributed by atoms with van der Waals surface area (Å²) in [6, 6.07) is -9.11. The molecule has 0 spiro atoms. The molecule has 0 aromatic carbocycles. The number of hydrogen-bond acceptors (Lipinski definition) is 3. The van der Waals surface area contributed by atoms with Gasteiger partial charge in [0.25, 0.3) is 0 Å². The highest BCUT2D eigenvalue weighted by Crippen LogP contribution is 2.48. The molecule has 19 heavy (non-hydrogen) atoms. The Kier molecular flexibility index (Phi) is 4.16. The molecule has 3 nitrogen and oxygen atoms in total. The number of likely N-dealkylation sites (N-methyl/N-ethyl adjacent to an activating group) is 1. The van der Waals surface area contributed by atoms with E-state index in [2.05, 4.69) is 0 Å². The number of carbonyl (C=O) groups excluding carboxylic acids is 1. The summed E-state index contributed by atoms with van der Waals surface area (Å²) in [5.41, 5.74) is 0. The molecule has 0 saturated carbocycles. The molecular weight excluding hydrogens is 285 g/mol. The van der Waals surface area contributed by atoms with E-state index >= 15 is 0 Å². The van der Waals surface area contributed by atoms with Crippen molar-refractivity contribution in [3.8, 4) is 0 Å². The maximum atomic E-state index is 13.4. The van der Waals surface area contributed by atoms with E-state index in [0.29, 0.717) is 0 Å². The van der Waals surface area contributed by atoms with Crippen molar-refractivity contribution in [2.24, 2.45) is 0 Å². The Labute approximate surface area is 103 Å². The molecule has 0 unspecified atom stereocenters. The Morgan fingerprint density at radius 1 is 0.947 bits per heavy atom. The number of alkyl halides is 6. The third-order valence-corrected chi connectivity index (χ3v) is 2.92. The highest BCUT2D eigenvalue weighted by Gasteiger charge is 2.77. The lowest BCUT2D eigenvalue weighted by Gasteiger charge is -2.41. The van der Waals surface area contributed by atoms with Crippen LogP contribution in [0.3, 0.4) is 0 Å². The average Bonchev–Trinajstić information content (AvgIpc) is 2.28. The van der Waals surface area contributed by atoms with Gasteiger partial charge in [-0.15, -0.1) is 0 Å². The molecule has 0 aromatic rings. The van der Waals surface area contributed by atoms with Gasteiger partial charge in [-0.2, -0.15) is 30.7 Å². The molecular formula is C9H11F7N2O. The molecule has 1 heterocycles. The number of piperazine rings is 1. The first-order valence-electron chi connectivity index (χ1n) is 5.21. The van der Waals surface area contributed by atoms with Crippen LogP contribution in [0, 0.1) is 0 Å². The van der Waals surface area contributed by atoms with Crippen molar-refractivity contribution in [1.82, 2.24) is 9.80 Å². The van der Waals surface area contributed by atoms with Crippen molar-refractivity contribution in [3.63, 3.8) is 0 Å². The summed E-state index contributed by atoms with van der Waals surface area (Å²) in [6.07, 6.45) is 0. The maximum Gasteiger partial charge on any atom is 0.405 e. The van der Waals surface area contributed by atoms with Crippen LogP contribution in [0.15, 0.2) is 0 Å². The molecule has 1 fully saturated rings. The summed E-state index contributed by atoms with van der Waals surface area (Å²) < 4.78 is 90.3. The molecule has 0 N–H and O–H groups in total. The second kappa shape index (κ2) is 4.89. The Bertz CT molecular complexity index is 352. The molecule has 0 aliphatic carbocycles. The molecule has 0 radical (unpaired) electrons. The highest BCUT2D eigenvalue weighted by molar-refractivity contribution is 5.77. The fraction of sp³-hybridized carbons (Fsp3) is 0.889. The minimum Gasteiger partial charge on any atom is -0.304 e. The van der Waals surface area contributed by atoms with E-state index < -0.39 is 37.0 Å².